The quantitative estimate of drug-likeness (QED) is 0.841. The van der Waals surface area contributed by atoms with E-state index in [9.17, 15) is 4.79 Å². The third kappa shape index (κ3) is 3.53. The molecule has 0 radical (unpaired) electrons. The van der Waals surface area contributed by atoms with Crippen molar-refractivity contribution in [1.82, 2.24) is 14.9 Å². The van der Waals surface area contributed by atoms with Gasteiger partial charge in [-0.25, -0.2) is 9.97 Å². The molecule has 0 N–H and O–H groups in total. The van der Waals surface area contributed by atoms with Gasteiger partial charge in [0.2, 0.25) is 5.91 Å². The minimum Gasteiger partial charge on any atom is -0.356 e. The van der Waals surface area contributed by atoms with E-state index in [-0.39, 0.29) is 5.92 Å². The molecule has 3 fully saturated rings. The Labute approximate surface area is 148 Å². The van der Waals surface area contributed by atoms with E-state index in [0.717, 1.165) is 67.9 Å². The number of hydrogen-bond donors (Lipinski definition) is 0. The fourth-order valence-corrected chi connectivity index (χ4v) is 4.59. The Morgan fingerprint density at radius 1 is 1.17 bits per heavy atom. The topological polar surface area (TPSA) is 49.3 Å². The van der Waals surface area contributed by atoms with Crippen molar-refractivity contribution < 1.29 is 4.79 Å². The summed E-state index contributed by atoms with van der Waals surface area (Å²) in [5.74, 6) is 5.24. The van der Waals surface area contributed by atoms with E-state index in [1.807, 2.05) is 11.8 Å². The second kappa shape index (κ2) is 6.90. The van der Waals surface area contributed by atoms with E-state index < -0.39 is 0 Å². The summed E-state index contributed by atoms with van der Waals surface area (Å²) in [4.78, 5) is 26.6. The Balaban J connectivity index is 1.47. The minimum absolute atomic E-state index is 0.126. The molecule has 1 unspecified atom stereocenters. The minimum atomic E-state index is 0.126. The number of thioether (sulfide) groups is 1. The van der Waals surface area contributed by atoms with Crippen molar-refractivity contribution in [3.63, 3.8) is 0 Å². The first-order valence-corrected chi connectivity index (χ1v) is 10.3. The van der Waals surface area contributed by atoms with Gasteiger partial charge in [0, 0.05) is 55.4 Å². The summed E-state index contributed by atoms with van der Waals surface area (Å²) in [6.07, 6.45) is 4.52. The molecule has 0 spiro atoms. The van der Waals surface area contributed by atoms with Crippen LogP contribution in [0.15, 0.2) is 6.07 Å². The SMILES string of the molecule is Cc1cc(N2CCCC(C(=O)N3CCSCC3)C2)nc(C2CC2)n1. The van der Waals surface area contributed by atoms with Gasteiger partial charge >= 0.3 is 0 Å². The van der Waals surface area contributed by atoms with Crippen molar-refractivity contribution in [2.24, 2.45) is 5.92 Å². The van der Waals surface area contributed by atoms with E-state index in [2.05, 4.69) is 27.8 Å². The lowest BCUT2D eigenvalue weighted by Gasteiger charge is -2.36. The van der Waals surface area contributed by atoms with Crippen LogP contribution in [-0.2, 0) is 4.79 Å². The summed E-state index contributed by atoms with van der Waals surface area (Å²) in [5, 5.41) is 0. The molecule has 3 heterocycles. The van der Waals surface area contributed by atoms with Gasteiger partial charge in [0.05, 0.1) is 5.92 Å². The molecule has 1 amide bonds. The molecule has 2 aliphatic heterocycles. The number of carbonyl (C=O) groups is 1. The molecule has 0 bridgehead atoms. The molecule has 130 valence electrons. The highest BCUT2D eigenvalue weighted by molar-refractivity contribution is 7.99. The number of nitrogens with zero attached hydrogens (tertiary/aromatic N) is 4. The van der Waals surface area contributed by atoms with Gasteiger partial charge in [-0.15, -0.1) is 0 Å². The van der Waals surface area contributed by atoms with Crippen LogP contribution in [0.25, 0.3) is 0 Å². The van der Waals surface area contributed by atoms with Crippen molar-refractivity contribution in [3.8, 4) is 0 Å². The Kier molecular flexibility index (Phi) is 4.66. The van der Waals surface area contributed by atoms with Crippen molar-refractivity contribution >= 4 is 23.5 Å². The Bertz CT molecular complexity index is 613. The van der Waals surface area contributed by atoms with Crippen molar-refractivity contribution in [3.05, 3.63) is 17.6 Å². The summed E-state index contributed by atoms with van der Waals surface area (Å²) in [5.41, 5.74) is 1.04. The molecule has 1 atom stereocenters. The summed E-state index contributed by atoms with van der Waals surface area (Å²) >= 11 is 1.95. The number of rotatable bonds is 3. The van der Waals surface area contributed by atoms with Gasteiger partial charge in [-0.2, -0.15) is 11.8 Å². The Morgan fingerprint density at radius 3 is 2.71 bits per heavy atom. The van der Waals surface area contributed by atoms with Gasteiger partial charge in [0.25, 0.3) is 0 Å². The molecule has 1 aliphatic carbocycles. The van der Waals surface area contributed by atoms with Crippen LogP contribution in [0.4, 0.5) is 5.82 Å². The maximum atomic E-state index is 12.8. The predicted octanol–water partition coefficient (Wildman–Crippen LogP) is 2.45. The zero-order valence-corrected chi connectivity index (χ0v) is 15.2. The first-order valence-electron chi connectivity index (χ1n) is 9.18. The van der Waals surface area contributed by atoms with Crippen molar-refractivity contribution in [2.45, 2.75) is 38.5 Å². The van der Waals surface area contributed by atoms with Gasteiger partial charge in [-0.05, 0) is 32.6 Å². The average molecular weight is 347 g/mol. The second-order valence-electron chi connectivity index (χ2n) is 7.22. The maximum absolute atomic E-state index is 12.8. The van der Waals surface area contributed by atoms with Crippen LogP contribution >= 0.6 is 11.8 Å². The molecule has 1 aromatic rings. The number of hydrogen-bond acceptors (Lipinski definition) is 5. The maximum Gasteiger partial charge on any atom is 0.227 e. The lowest BCUT2D eigenvalue weighted by Crippen LogP contribution is -2.47. The van der Waals surface area contributed by atoms with Crippen LogP contribution in [-0.4, -0.2) is 58.5 Å². The molecule has 4 rings (SSSR count). The van der Waals surface area contributed by atoms with Crippen LogP contribution in [0.2, 0.25) is 0 Å². The molecule has 1 saturated carbocycles. The highest BCUT2D eigenvalue weighted by Gasteiger charge is 2.32. The number of aromatic nitrogens is 2. The number of carbonyl (C=O) groups excluding carboxylic acids is 1. The first-order chi connectivity index (χ1) is 11.7. The van der Waals surface area contributed by atoms with E-state index in [0.29, 0.717) is 11.8 Å². The molecule has 6 heteroatoms. The Morgan fingerprint density at radius 2 is 1.96 bits per heavy atom. The van der Waals surface area contributed by atoms with Gasteiger partial charge in [-0.3, -0.25) is 4.79 Å². The first kappa shape index (κ1) is 16.2. The van der Waals surface area contributed by atoms with Crippen molar-refractivity contribution in [2.75, 3.05) is 42.6 Å². The molecular weight excluding hydrogens is 320 g/mol. The van der Waals surface area contributed by atoms with E-state index in [4.69, 9.17) is 4.98 Å². The normalized spacial score (nSPS) is 25.0. The predicted molar refractivity (Wildman–Crippen MR) is 97.6 cm³/mol. The summed E-state index contributed by atoms with van der Waals surface area (Å²) < 4.78 is 0. The van der Waals surface area contributed by atoms with Crippen molar-refractivity contribution in [1.29, 1.82) is 0 Å². The summed E-state index contributed by atoms with van der Waals surface area (Å²) in [6.45, 7) is 5.69. The highest BCUT2D eigenvalue weighted by atomic mass is 32.2. The molecule has 3 aliphatic rings. The number of aryl methyl sites for hydroxylation is 1. The average Bonchev–Trinajstić information content (AvgIpc) is 3.47. The zero-order chi connectivity index (χ0) is 16.5. The lowest BCUT2D eigenvalue weighted by molar-refractivity contribution is -0.135. The zero-order valence-electron chi connectivity index (χ0n) is 14.4. The third-order valence-electron chi connectivity index (χ3n) is 5.22. The van der Waals surface area contributed by atoms with Crippen LogP contribution in [0, 0.1) is 12.8 Å². The fraction of sp³-hybridized carbons (Fsp3) is 0.722. The van der Waals surface area contributed by atoms with Gasteiger partial charge < -0.3 is 9.80 Å². The molecule has 1 aromatic heterocycles. The Hall–Kier alpha value is -1.30. The van der Waals surface area contributed by atoms with Gasteiger partial charge in [-0.1, -0.05) is 0 Å². The summed E-state index contributed by atoms with van der Waals surface area (Å²) in [7, 11) is 0. The van der Waals surface area contributed by atoms with E-state index in [1.165, 1.54) is 12.8 Å². The molecular formula is C18H26N4OS. The van der Waals surface area contributed by atoms with E-state index in [1.54, 1.807) is 0 Å². The smallest absolute Gasteiger partial charge is 0.227 e. The standard InChI is InChI=1S/C18H26N4OS/c1-13-11-16(20-17(19-13)14-4-5-14)22-6-2-3-15(12-22)18(23)21-7-9-24-10-8-21/h11,14-15H,2-10,12H2,1H3. The van der Waals surface area contributed by atoms with Gasteiger partial charge in [0.1, 0.15) is 11.6 Å². The van der Waals surface area contributed by atoms with E-state index >= 15 is 0 Å². The molecule has 24 heavy (non-hydrogen) atoms. The third-order valence-corrected chi connectivity index (χ3v) is 6.16. The van der Waals surface area contributed by atoms with Crippen LogP contribution < -0.4 is 4.90 Å². The molecule has 2 saturated heterocycles. The highest BCUT2D eigenvalue weighted by Crippen LogP contribution is 2.39. The van der Waals surface area contributed by atoms with Gasteiger partial charge in [0.15, 0.2) is 0 Å². The molecule has 0 aromatic carbocycles. The lowest BCUT2D eigenvalue weighted by atomic mass is 9.96. The van der Waals surface area contributed by atoms with Crippen LogP contribution in [0.5, 0.6) is 0 Å². The fourth-order valence-electron chi connectivity index (χ4n) is 3.69. The monoisotopic (exact) mass is 346 g/mol. The number of piperidine rings is 1. The van der Waals surface area contributed by atoms with Crippen LogP contribution in [0.1, 0.15) is 43.1 Å². The summed E-state index contributed by atoms with van der Waals surface area (Å²) in [6, 6.07) is 2.08. The number of amides is 1. The number of anilines is 1. The largest absolute Gasteiger partial charge is 0.356 e. The second-order valence-corrected chi connectivity index (χ2v) is 8.45. The molecule has 5 nitrogen and oxygen atoms in total. The van der Waals surface area contributed by atoms with Crippen LogP contribution in [0.3, 0.4) is 0 Å².